The van der Waals surface area contributed by atoms with Crippen LogP contribution in [0.2, 0.25) is 0 Å². The number of piperidine rings is 1. The van der Waals surface area contributed by atoms with Gasteiger partial charge in [0.1, 0.15) is 0 Å². The Morgan fingerprint density at radius 3 is 2.48 bits per heavy atom. The molecule has 1 aliphatic rings. The predicted octanol–water partition coefficient (Wildman–Crippen LogP) is 3.30. The molecule has 1 unspecified atom stereocenters. The van der Waals surface area contributed by atoms with Gasteiger partial charge in [0.15, 0.2) is 0 Å². The van der Waals surface area contributed by atoms with Crippen molar-refractivity contribution in [2.24, 2.45) is 11.7 Å². The molecule has 2 rings (SSSR count). The van der Waals surface area contributed by atoms with E-state index in [1.54, 1.807) is 12.1 Å². The highest BCUT2D eigenvalue weighted by atomic mass is 79.9. The highest BCUT2D eigenvalue weighted by Gasteiger charge is 2.29. The lowest BCUT2D eigenvalue weighted by Crippen LogP contribution is -2.44. The first-order chi connectivity index (χ1) is 9.83. The number of benzene rings is 1. The van der Waals surface area contributed by atoms with Crippen LogP contribution in [0.1, 0.15) is 12.8 Å². The van der Waals surface area contributed by atoms with Crippen LogP contribution in [0.15, 0.2) is 25.6 Å². The molecule has 0 aromatic heterocycles. The largest absolute Gasteiger partial charge is 0.330 e. The van der Waals surface area contributed by atoms with Crippen LogP contribution in [-0.4, -0.2) is 32.4 Å². The topological polar surface area (TPSA) is 75.4 Å². The smallest absolute Gasteiger partial charge is 0.301 e. The monoisotopic (exact) mass is 503 g/mol. The number of halogens is 3. The van der Waals surface area contributed by atoms with Crippen molar-refractivity contribution in [3.05, 3.63) is 25.6 Å². The highest BCUT2D eigenvalue weighted by molar-refractivity contribution is 9.11. The summed E-state index contributed by atoms with van der Waals surface area (Å²) in [7, 11) is -3.58. The van der Waals surface area contributed by atoms with Gasteiger partial charge in [0.2, 0.25) is 0 Å². The molecule has 1 aromatic rings. The van der Waals surface area contributed by atoms with Gasteiger partial charge in [-0.25, -0.2) is 0 Å². The van der Waals surface area contributed by atoms with Crippen LogP contribution in [0, 0.1) is 5.92 Å². The fourth-order valence-electron chi connectivity index (χ4n) is 2.27. The zero-order chi connectivity index (χ0) is 15.6. The van der Waals surface area contributed by atoms with Crippen LogP contribution in [0.4, 0.5) is 5.69 Å². The van der Waals surface area contributed by atoms with Gasteiger partial charge in [-0.3, -0.25) is 4.72 Å². The van der Waals surface area contributed by atoms with E-state index < -0.39 is 10.2 Å². The predicted molar refractivity (Wildman–Crippen MR) is 95.4 cm³/mol. The number of anilines is 1. The molecule has 1 aromatic carbocycles. The van der Waals surface area contributed by atoms with Gasteiger partial charge in [0.25, 0.3) is 0 Å². The Morgan fingerprint density at radius 1 is 1.29 bits per heavy atom. The third-order valence-electron chi connectivity index (χ3n) is 3.39. The molecule has 0 saturated carbocycles. The molecule has 1 atom stereocenters. The second kappa shape index (κ2) is 7.27. The zero-order valence-electron chi connectivity index (χ0n) is 11.2. The molecule has 1 saturated heterocycles. The molecular weight excluding hydrogens is 490 g/mol. The van der Waals surface area contributed by atoms with Crippen LogP contribution in [0.5, 0.6) is 0 Å². The van der Waals surface area contributed by atoms with Crippen molar-refractivity contribution in [2.45, 2.75) is 12.8 Å². The van der Waals surface area contributed by atoms with E-state index >= 15 is 0 Å². The van der Waals surface area contributed by atoms with Gasteiger partial charge in [0.05, 0.1) is 5.69 Å². The number of rotatable bonds is 4. The minimum absolute atomic E-state index is 0.229. The lowest BCUT2D eigenvalue weighted by Gasteiger charge is -2.31. The first-order valence-corrected chi connectivity index (χ1v) is 10.3. The molecule has 0 amide bonds. The number of hydrogen-bond donors (Lipinski definition) is 2. The summed E-state index contributed by atoms with van der Waals surface area (Å²) < 4.78 is 31.3. The van der Waals surface area contributed by atoms with E-state index in [0.29, 0.717) is 34.3 Å². The SMILES string of the molecule is NCC1CCCN(S(=O)(=O)Nc2c(Br)cc(Br)cc2Br)C1. The van der Waals surface area contributed by atoms with Crippen molar-refractivity contribution in [3.63, 3.8) is 0 Å². The first kappa shape index (κ1) is 17.7. The third kappa shape index (κ3) is 4.42. The normalized spacial score (nSPS) is 20.5. The Morgan fingerprint density at radius 2 is 1.90 bits per heavy atom. The van der Waals surface area contributed by atoms with Gasteiger partial charge < -0.3 is 5.73 Å². The van der Waals surface area contributed by atoms with E-state index in [-0.39, 0.29) is 5.92 Å². The second-order valence-electron chi connectivity index (χ2n) is 4.95. The molecule has 9 heteroatoms. The molecule has 1 aliphatic heterocycles. The summed E-state index contributed by atoms with van der Waals surface area (Å²) in [5, 5.41) is 0. The summed E-state index contributed by atoms with van der Waals surface area (Å²) in [6.45, 7) is 1.51. The van der Waals surface area contributed by atoms with E-state index in [0.717, 1.165) is 17.3 Å². The fourth-order valence-corrected chi connectivity index (χ4v) is 6.37. The summed E-state index contributed by atoms with van der Waals surface area (Å²) >= 11 is 10.1. The summed E-state index contributed by atoms with van der Waals surface area (Å²) in [6, 6.07) is 3.59. The lowest BCUT2D eigenvalue weighted by atomic mass is 10.0. The molecule has 0 bridgehead atoms. The average Bonchev–Trinajstić information content (AvgIpc) is 2.43. The minimum Gasteiger partial charge on any atom is -0.330 e. The maximum absolute atomic E-state index is 12.5. The molecule has 0 aliphatic carbocycles. The molecule has 5 nitrogen and oxygen atoms in total. The van der Waals surface area contributed by atoms with Gasteiger partial charge in [-0.1, -0.05) is 15.9 Å². The van der Waals surface area contributed by atoms with Crippen LogP contribution >= 0.6 is 47.8 Å². The Bertz CT molecular complexity index is 601. The van der Waals surface area contributed by atoms with E-state index in [9.17, 15) is 8.42 Å². The van der Waals surface area contributed by atoms with Crippen molar-refractivity contribution in [1.82, 2.24) is 4.31 Å². The van der Waals surface area contributed by atoms with E-state index in [1.807, 2.05) is 0 Å². The summed E-state index contributed by atoms with van der Waals surface area (Å²) in [5.74, 6) is 0.229. The van der Waals surface area contributed by atoms with Crippen molar-refractivity contribution in [2.75, 3.05) is 24.4 Å². The number of nitrogens with two attached hydrogens (primary N) is 1. The van der Waals surface area contributed by atoms with Crippen molar-refractivity contribution in [1.29, 1.82) is 0 Å². The summed E-state index contributed by atoms with van der Waals surface area (Å²) in [5.41, 5.74) is 6.16. The van der Waals surface area contributed by atoms with E-state index in [4.69, 9.17) is 5.73 Å². The minimum atomic E-state index is -3.58. The molecular formula is C12H16Br3N3O2S. The first-order valence-electron chi connectivity index (χ1n) is 6.46. The summed E-state index contributed by atoms with van der Waals surface area (Å²) in [4.78, 5) is 0. The van der Waals surface area contributed by atoms with Gasteiger partial charge in [-0.15, -0.1) is 0 Å². The number of nitrogens with one attached hydrogen (secondary N) is 1. The highest BCUT2D eigenvalue weighted by Crippen LogP contribution is 2.35. The molecule has 118 valence electrons. The Kier molecular flexibility index (Phi) is 6.12. The van der Waals surface area contributed by atoms with Crippen LogP contribution in [-0.2, 0) is 10.2 Å². The standard InChI is InChI=1S/C12H16Br3N3O2S/c13-9-4-10(14)12(11(15)5-9)17-21(19,20)18-3-1-2-8(6-16)7-18/h4-5,8,17H,1-3,6-7,16H2. The van der Waals surface area contributed by atoms with E-state index in [1.165, 1.54) is 4.31 Å². The molecule has 0 radical (unpaired) electrons. The lowest BCUT2D eigenvalue weighted by molar-refractivity contribution is 0.273. The number of nitrogens with zero attached hydrogens (tertiary/aromatic N) is 1. The van der Waals surface area contributed by atoms with Crippen LogP contribution < -0.4 is 10.5 Å². The summed E-state index contributed by atoms with van der Waals surface area (Å²) in [6.07, 6.45) is 1.82. The Balaban J connectivity index is 2.22. The van der Waals surface area contributed by atoms with Crippen molar-refractivity contribution >= 4 is 63.7 Å². The van der Waals surface area contributed by atoms with Gasteiger partial charge >= 0.3 is 10.2 Å². The fraction of sp³-hybridized carbons (Fsp3) is 0.500. The Labute approximate surface area is 150 Å². The van der Waals surface area contributed by atoms with Crippen molar-refractivity contribution in [3.8, 4) is 0 Å². The molecule has 1 fully saturated rings. The molecule has 3 N–H and O–H groups in total. The van der Waals surface area contributed by atoms with Gasteiger partial charge in [-0.2, -0.15) is 12.7 Å². The zero-order valence-corrected chi connectivity index (χ0v) is 16.7. The molecule has 21 heavy (non-hydrogen) atoms. The van der Waals surface area contributed by atoms with E-state index in [2.05, 4.69) is 52.5 Å². The van der Waals surface area contributed by atoms with Crippen LogP contribution in [0.25, 0.3) is 0 Å². The quantitative estimate of drug-likeness (QED) is 0.659. The maximum Gasteiger partial charge on any atom is 0.301 e. The average molecular weight is 506 g/mol. The third-order valence-corrected chi connectivity index (χ3v) is 6.58. The molecule has 1 heterocycles. The maximum atomic E-state index is 12.5. The van der Waals surface area contributed by atoms with Crippen LogP contribution in [0.3, 0.4) is 0 Å². The second-order valence-corrected chi connectivity index (χ2v) is 9.25. The van der Waals surface area contributed by atoms with Crippen molar-refractivity contribution < 1.29 is 8.42 Å². The molecule has 0 spiro atoms. The van der Waals surface area contributed by atoms with Gasteiger partial charge in [-0.05, 0) is 69.3 Å². The number of hydrogen-bond acceptors (Lipinski definition) is 3. The van der Waals surface area contributed by atoms with Gasteiger partial charge in [0, 0.05) is 26.5 Å². The Hall–Kier alpha value is 0.330.